The lowest BCUT2D eigenvalue weighted by Gasteiger charge is -2.17. The van der Waals surface area contributed by atoms with Gasteiger partial charge in [-0.1, -0.05) is 48.5 Å². The second kappa shape index (κ2) is 10.0. The van der Waals surface area contributed by atoms with Crippen LogP contribution in [0.5, 0.6) is 0 Å². The smallest absolute Gasteiger partial charge is 0.407 e. The van der Waals surface area contributed by atoms with E-state index in [9.17, 15) is 14.4 Å². The Labute approximate surface area is 192 Å². The SMILES string of the molecule is O=C(CC1CCC(NC(=O)OCC2c3ccccc3-c3ccccc32)C1)N[C@H](CO)C(=O)O. The Bertz CT molecular complexity index is 994. The molecule has 1 saturated carbocycles. The molecule has 0 heterocycles. The number of carbonyl (C=O) groups is 3. The second-order valence-corrected chi connectivity index (χ2v) is 8.69. The Balaban J connectivity index is 1.26. The first-order valence-corrected chi connectivity index (χ1v) is 11.2. The summed E-state index contributed by atoms with van der Waals surface area (Å²) in [6.45, 7) is -0.409. The van der Waals surface area contributed by atoms with Crippen LogP contribution in [0.1, 0.15) is 42.7 Å². The number of hydrogen-bond donors (Lipinski definition) is 4. The van der Waals surface area contributed by atoms with Crippen LogP contribution in [0.15, 0.2) is 48.5 Å². The Kier molecular flexibility index (Phi) is 6.93. The molecule has 0 bridgehead atoms. The van der Waals surface area contributed by atoms with Crippen LogP contribution >= 0.6 is 0 Å². The molecule has 0 radical (unpaired) electrons. The van der Waals surface area contributed by atoms with E-state index in [2.05, 4.69) is 34.9 Å². The zero-order chi connectivity index (χ0) is 23.4. The van der Waals surface area contributed by atoms with E-state index in [1.54, 1.807) is 0 Å². The first-order chi connectivity index (χ1) is 16.0. The summed E-state index contributed by atoms with van der Waals surface area (Å²) in [6, 6.07) is 14.9. The summed E-state index contributed by atoms with van der Waals surface area (Å²) in [5.41, 5.74) is 4.65. The van der Waals surface area contributed by atoms with Crippen LogP contribution in [0, 0.1) is 5.92 Å². The van der Waals surface area contributed by atoms with Gasteiger partial charge in [-0.2, -0.15) is 0 Å². The summed E-state index contributed by atoms with van der Waals surface area (Å²) in [5.74, 6) is -1.65. The molecular formula is C25H28N2O6. The van der Waals surface area contributed by atoms with E-state index in [4.69, 9.17) is 14.9 Å². The van der Waals surface area contributed by atoms with Gasteiger partial charge >= 0.3 is 12.1 Å². The number of nitrogens with one attached hydrogen (secondary N) is 2. The van der Waals surface area contributed by atoms with Crippen molar-refractivity contribution in [3.63, 3.8) is 0 Å². The molecule has 4 rings (SSSR count). The minimum Gasteiger partial charge on any atom is -0.480 e. The van der Waals surface area contributed by atoms with Crippen LogP contribution in [0.4, 0.5) is 4.79 Å². The summed E-state index contributed by atoms with van der Waals surface area (Å²) in [6.07, 6.45) is 1.78. The number of carboxylic acids is 1. The topological polar surface area (TPSA) is 125 Å². The molecule has 33 heavy (non-hydrogen) atoms. The predicted octanol–water partition coefficient (Wildman–Crippen LogP) is 2.65. The zero-order valence-corrected chi connectivity index (χ0v) is 18.2. The van der Waals surface area contributed by atoms with Gasteiger partial charge in [0.25, 0.3) is 0 Å². The van der Waals surface area contributed by atoms with Crippen molar-refractivity contribution in [1.29, 1.82) is 0 Å². The highest BCUT2D eigenvalue weighted by atomic mass is 16.5. The lowest BCUT2D eigenvalue weighted by molar-refractivity contribution is -0.143. The van der Waals surface area contributed by atoms with Crippen LogP contribution in [-0.4, -0.2) is 53.5 Å². The summed E-state index contributed by atoms with van der Waals surface area (Å²) < 4.78 is 5.59. The molecule has 174 valence electrons. The maximum atomic E-state index is 12.5. The minimum atomic E-state index is -1.30. The maximum absolute atomic E-state index is 12.5. The summed E-state index contributed by atoms with van der Waals surface area (Å²) in [5, 5.41) is 23.2. The van der Waals surface area contributed by atoms with Crippen molar-refractivity contribution in [2.45, 2.75) is 43.7 Å². The number of carboxylic acid groups (broad SMARTS) is 1. The second-order valence-electron chi connectivity index (χ2n) is 8.69. The Morgan fingerprint density at radius 1 is 1.00 bits per heavy atom. The quantitative estimate of drug-likeness (QED) is 0.488. The summed E-state index contributed by atoms with van der Waals surface area (Å²) in [4.78, 5) is 35.5. The van der Waals surface area contributed by atoms with Crippen LogP contribution in [-0.2, 0) is 14.3 Å². The number of aliphatic hydroxyl groups is 1. The zero-order valence-electron chi connectivity index (χ0n) is 18.2. The van der Waals surface area contributed by atoms with Gasteiger partial charge in [-0.3, -0.25) is 4.79 Å². The fourth-order valence-corrected chi connectivity index (χ4v) is 4.90. The molecule has 2 aliphatic carbocycles. The van der Waals surface area contributed by atoms with Gasteiger partial charge in [-0.15, -0.1) is 0 Å². The predicted molar refractivity (Wildman–Crippen MR) is 121 cm³/mol. The number of aliphatic carboxylic acids is 1. The van der Waals surface area contributed by atoms with Crippen molar-refractivity contribution in [3.05, 3.63) is 59.7 Å². The van der Waals surface area contributed by atoms with Crippen molar-refractivity contribution in [2.24, 2.45) is 5.92 Å². The Hall–Kier alpha value is -3.39. The third-order valence-corrected chi connectivity index (χ3v) is 6.50. The number of carbonyl (C=O) groups excluding carboxylic acids is 2. The highest BCUT2D eigenvalue weighted by Gasteiger charge is 2.31. The van der Waals surface area contributed by atoms with Crippen LogP contribution < -0.4 is 10.6 Å². The van der Waals surface area contributed by atoms with Gasteiger partial charge in [0.2, 0.25) is 5.91 Å². The third-order valence-electron chi connectivity index (χ3n) is 6.50. The average molecular weight is 453 g/mol. The third kappa shape index (κ3) is 5.17. The molecule has 0 saturated heterocycles. The number of rotatable bonds is 8. The number of benzene rings is 2. The Morgan fingerprint density at radius 3 is 2.24 bits per heavy atom. The lowest BCUT2D eigenvalue weighted by Crippen LogP contribution is -2.43. The first-order valence-electron chi connectivity index (χ1n) is 11.2. The lowest BCUT2D eigenvalue weighted by atomic mass is 9.98. The molecule has 0 spiro atoms. The van der Waals surface area contributed by atoms with Gasteiger partial charge in [-0.05, 0) is 47.4 Å². The number of hydrogen-bond acceptors (Lipinski definition) is 5. The van der Waals surface area contributed by atoms with Gasteiger partial charge in [0.05, 0.1) is 6.61 Å². The van der Waals surface area contributed by atoms with Gasteiger partial charge in [0.1, 0.15) is 12.6 Å². The van der Waals surface area contributed by atoms with E-state index in [0.717, 1.165) is 24.0 Å². The van der Waals surface area contributed by atoms with Crippen LogP contribution in [0.3, 0.4) is 0 Å². The van der Waals surface area contributed by atoms with Gasteiger partial charge in [0, 0.05) is 18.4 Å². The van der Waals surface area contributed by atoms with E-state index in [1.807, 2.05) is 24.3 Å². The highest BCUT2D eigenvalue weighted by molar-refractivity contribution is 5.83. The molecule has 2 aromatic rings. The van der Waals surface area contributed by atoms with Crippen LogP contribution in [0.25, 0.3) is 11.1 Å². The molecule has 2 unspecified atom stereocenters. The first kappa shape index (κ1) is 22.8. The molecule has 2 aromatic carbocycles. The van der Waals surface area contributed by atoms with Crippen molar-refractivity contribution >= 4 is 18.0 Å². The number of aliphatic hydroxyl groups excluding tert-OH is 1. The molecule has 2 amide bonds. The minimum absolute atomic E-state index is 0.00289. The van der Waals surface area contributed by atoms with E-state index < -0.39 is 30.6 Å². The average Bonchev–Trinajstić information content (AvgIpc) is 3.37. The van der Waals surface area contributed by atoms with Gasteiger partial charge < -0.3 is 25.6 Å². The summed E-state index contributed by atoms with van der Waals surface area (Å²) in [7, 11) is 0. The van der Waals surface area contributed by atoms with Crippen molar-refractivity contribution in [1.82, 2.24) is 10.6 Å². The van der Waals surface area contributed by atoms with Crippen molar-refractivity contribution in [3.8, 4) is 11.1 Å². The molecular weight excluding hydrogens is 424 g/mol. The summed E-state index contributed by atoms with van der Waals surface area (Å²) >= 11 is 0. The fraction of sp³-hybridized carbons (Fsp3) is 0.400. The van der Waals surface area contributed by atoms with Gasteiger partial charge in [-0.25, -0.2) is 9.59 Å². The molecule has 8 nitrogen and oxygen atoms in total. The fourth-order valence-electron chi connectivity index (χ4n) is 4.90. The monoisotopic (exact) mass is 452 g/mol. The molecule has 0 aromatic heterocycles. The molecule has 3 atom stereocenters. The molecule has 4 N–H and O–H groups in total. The number of amides is 2. The maximum Gasteiger partial charge on any atom is 0.407 e. The molecule has 2 aliphatic rings. The van der Waals surface area contributed by atoms with Crippen LogP contribution in [0.2, 0.25) is 0 Å². The molecule has 8 heteroatoms. The van der Waals surface area contributed by atoms with Crippen molar-refractivity contribution in [2.75, 3.05) is 13.2 Å². The van der Waals surface area contributed by atoms with E-state index >= 15 is 0 Å². The van der Waals surface area contributed by atoms with E-state index in [0.29, 0.717) is 6.42 Å². The van der Waals surface area contributed by atoms with Crippen molar-refractivity contribution < 1.29 is 29.3 Å². The van der Waals surface area contributed by atoms with E-state index in [1.165, 1.54) is 11.1 Å². The number of fused-ring (bicyclic) bond motifs is 3. The number of alkyl carbamates (subject to hydrolysis) is 1. The Morgan fingerprint density at radius 2 is 1.64 bits per heavy atom. The number of ether oxygens (including phenoxy) is 1. The van der Waals surface area contributed by atoms with Gasteiger partial charge in [0.15, 0.2) is 0 Å². The standard InChI is InChI=1S/C25H28N2O6/c28-13-22(24(30)31)27-23(29)12-15-9-10-16(11-15)26-25(32)33-14-21-19-7-3-1-5-17(19)18-6-2-4-8-20(18)21/h1-8,15-16,21-22,28H,9-14H2,(H,26,32)(H,27,29)(H,30,31)/t15?,16?,22-/m1/s1. The highest BCUT2D eigenvalue weighted by Crippen LogP contribution is 2.44. The largest absolute Gasteiger partial charge is 0.480 e. The molecule has 0 aliphatic heterocycles. The normalized spacial score (nSPS) is 19.9. The molecule has 1 fully saturated rings. The van der Waals surface area contributed by atoms with E-state index in [-0.39, 0.29) is 30.9 Å².